The Labute approximate surface area is 177 Å². The van der Waals surface area contributed by atoms with Gasteiger partial charge in [-0.25, -0.2) is 4.98 Å². The molecular weight excluding hydrogens is 400 g/mol. The van der Waals surface area contributed by atoms with Gasteiger partial charge in [-0.2, -0.15) is 5.10 Å². The van der Waals surface area contributed by atoms with Gasteiger partial charge < -0.3 is 5.32 Å². The number of hydrogen-bond donors (Lipinski definition) is 1. The van der Waals surface area contributed by atoms with E-state index in [1.165, 1.54) is 21.6 Å². The molecule has 0 saturated heterocycles. The first-order chi connectivity index (χ1) is 14.1. The molecule has 1 aliphatic carbocycles. The molecule has 1 aromatic carbocycles. The lowest BCUT2D eigenvalue weighted by Gasteiger charge is -2.18. The van der Waals surface area contributed by atoms with E-state index in [4.69, 9.17) is 4.98 Å². The average molecular weight is 423 g/mol. The second kappa shape index (κ2) is 7.39. The number of aromatic nitrogens is 3. The minimum absolute atomic E-state index is 0.113. The van der Waals surface area contributed by atoms with Crippen LogP contribution in [0.15, 0.2) is 36.5 Å². The second-order valence-electron chi connectivity index (χ2n) is 7.53. The molecule has 3 aromatic heterocycles. The molecule has 3 heterocycles. The average Bonchev–Trinajstić information content (AvgIpc) is 3.43. The number of benzene rings is 1. The third-order valence-electron chi connectivity index (χ3n) is 5.50. The summed E-state index contributed by atoms with van der Waals surface area (Å²) in [5.74, 6) is 0.563. The van der Waals surface area contributed by atoms with E-state index in [-0.39, 0.29) is 5.91 Å². The monoisotopic (exact) mass is 422 g/mol. The minimum Gasteiger partial charge on any atom is -0.312 e. The SMILES string of the molecule is CCn1nccc1C(=O)Nc1sc2c(c1-c1nc3ccccc3s1)CCC(C)C2. The molecule has 0 radical (unpaired) electrons. The molecular formula is C22H22N4OS2. The maximum Gasteiger partial charge on any atom is 0.274 e. The van der Waals surface area contributed by atoms with Crippen molar-refractivity contribution in [1.82, 2.24) is 14.8 Å². The van der Waals surface area contributed by atoms with Gasteiger partial charge in [-0.3, -0.25) is 9.48 Å². The molecule has 5 nitrogen and oxygen atoms in total. The Morgan fingerprint density at radius 2 is 2.14 bits per heavy atom. The van der Waals surface area contributed by atoms with Gasteiger partial charge in [0.15, 0.2) is 0 Å². The van der Waals surface area contributed by atoms with Crippen LogP contribution >= 0.6 is 22.7 Å². The van der Waals surface area contributed by atoms with Crippen molar-refractivity contribution >= 4 is 43.8 Å². The second-order valence-corrected chi connectivity index (χ2v) is 9.66. The van der Waals surface area contributed by atoms with Gasteiger partial charge in [0.2, 0.25) is 0 Å². The first-order valence-corrected chi connectivity index (χ1v) is 11.6. The lowest BCUT2D eigenvalue weighted by atomic mass is 9.88. The van der Waals surface area contributed by atoms with Crippen LogP contribution in [0.5, 0.6) is 0 Å². The molecule has 7 heteroatoms. The van der Waals surface area contributed by atoms with E-state index in [9.17, 15) is 4.79 Å². The molecule has 1 N–H and O–H groups in total. The highest BCUT2D eigenvalue weighted by molar-refractivity contribution is 7.23. The van der Waals surface area contributed by atoms with Gasteiger partial charge in [0.1, 0.15) is 15.7 Å². The molecule has 1 aliphatic rings. The van der Waals surface area contributed by atoms with E-state index in [2.05, 4.69) is 23.4 Å². The number of thiazole rings is 1. The quantitative estimate of drug-likeness (QED) is 0.464. The van der Waals surface area contributed by atoms with Crippen molar-refractivity contribution in [2.24, 2.45) is 5.92 Å². The summed E-state index contributed by atoms with van der Waals surface area (Å²) in [7, 11) is 0. The molecule has 0 bridgehead atoms. The maximum absolute atomic E-state index is 13.0. The Morgan fingerprint density at radius 1 is 1.28 bits per heavy atom. The van der Waals surface area contributed by atoms with Crippen molar-refractivity contribution in [3.8, 4) is 10.6 Å². The summed E-state index contributed by atoms with van der Waals surface area (Å²) in [6.07, 6.45) is 4.97. The summed E-state index contributed by atoms with van der Waals surface area (Å²) in [6.45, 7) is 4.96. The number of carbonyl (C=O) groups excluding carboxylic acids is 1. The Bertz CT molecular complexity index is 1170. The molecule has 1 atom stereocenters. The Kier molecular flexibility index (Phi) is 4.72. The van der Waals surface area contributed by atoms with Crippen LogP contribution in [0.1, 0.15) is 41.2 Å². The molecule has 5 rings (SSSR count). The topological polar surface area (TPSA) is 59.8 Å². The maximum atomic E-state index is 13.0. The normalized spacial score (nSPS) is 16.1. The zero-order chi connectivity index (χ0) is 20.0. The van der Waals surface area contributed by atoms with Crippen molar-refractivity contribution < 1.29 is 4.79 Å². The molecule has 0 aliphatic heterocycles. The Morgan fingerprint density at radius 3 is 2.97 bits per heavy atom. The molecule has 0 saturated carbocycles. The molecule has 0 fully saturated rings. The van der Waals surface area contributed by atoms with Gasteiger partial charge in [-0.1, -0.05) is 19.1 Å². The molecule has 29 heavy (non-hydrogen) atoms. The van der Waals surface area contributed by atoms with E-state index in [1.54, 1.807) is 39.6 Å². The highest BCUT2D eigenvalue weighted by Gasteiger charge is 2.27. The smallest absolute Gasteiger partial charge is 0.274 e. The van der Waals surface area contributed by atoms with Crippen LogP contribution in [0.3, 0.4) is 0 Å². The van der Waals surface area contributed by atoms with Gasteiger partial charge >= 0.3 is 0 Å². The van der Waals surface area contributed by atoms with Crippen LogP contribution in [0.2, 0.25) is 0 Å². The number of fused-ring (bicyclic) bond motifs is 2. The third-order valence-corrected chi connectivity index (χ3v) is 7.72. The number of para-hydroxylation sites is 1. The highest BCUT2D eigenvalue weighted by atomic mass is 32.1. The van der Waals surface area contributed by atoms with Crippen LogP contribution in [-0.4, -0.2) is 20.7 Å². The number of thiophene rings is 1. The molecule has 1 unspecified atom stereocenters. The molecule has 1 amide bonds. The van der Waals surface area contributed by atoms with Gasteiger partial charge in [-0.05, 0) is 55.9 Å². The van der Waals surface area contributed by atoms with Gasteiger partial charge in [0.05, 0.1) is 10.2 Å². The van der Waals surface area contributed by atoms with Crippen molar-refractivity contribution in [3.05, 3.63) is 52.7 Å². The zero-order valence-electron chi connectivity index (χ0n) is 16.4. The van der Waals surface area contributed by atoms with Crippen molar-refractivity contribution in [3.63, 3.8) is 0 Å². The van der Waals surface area contributed by atoms with E-state index in [0.29, 0.717) is 18.2 Å². The van der Waals surface area contributed by atoms with Crippen LogP contribution < -0.4 is 5.32 Å². The van der Waals surface area contributed by atoms with Gasteiger partial charge in [0.25, 0.3) is 5.91 Å². The first kappa shape index (κ1) is 18.5. The first-order valence-electron chi connectivity index (χ1n) is 9.97. The van der Waals surface area contributed by atoms with Gasteiger partial charge in [0, 0.05) is 23.2 Å². The Hall–Kier alpha value is -2.51. The van der Waals surface area contributed by atoms with E-state index < -0.39 is 0 Å². The minimum atomic E-state index is -0.113. The van der Waals surface area contributed by atoms with Crippen LogP contribution in [0, 0.1) is 5.92 Å². The number of rotatable bonds is 4. The van der Waals surface area contributed by atoms with Crippen molar-refractivity contribution in [2.75, 3.05) is 5.32 Å². The third kappa shape index (κ3) is 3.28. The van der Waals surface area contributed by atoms with Crippen molar-refractivity contribution in [1.29, 1.82) is 0 Å². The lowest BCUT2D eigenvalue weighted by Crippen LogP contribution is -2.17. The van der Waals surface area contributed by atoms with Crippen molar-refractivity contribution in [2.45, 2.75) is 39.7 Å². The zero-order valence-corrected chi connectivity index (χ0v) is 18.1. The molecule has 4 aromatic rings. The highest BCUT2D eigenvalue weighted by Crippen LogP contribution is 2.47. The van der Waals surface area contributed by atoms with Crippen LogP contribution in [0.4, 0.5) is 5.00 Å². The summed E-state index contributed by atoms with van der Waals surface area (Å²) < 4.78 is 2.90. The number of nitrogens with one attached hydrogen (secondary N) is 1. The number of aryl methyl sites for hydroxylation is 1. The number of hydrogen-bond acceptors (Lipinski definition) is 5. The predicted octanol–water partition coefficient (Wildman–Crippen LogP) is 5.62. The largest absolute Gasteiger partial charge is 0.312 e. The summed E-state index contributed by atoms with van der Waals surface area (Å²) in [5, 5.41) is 9.33. The predicted molar refractivity (Wildman–Crippen MR) is 120 cm³/mol. The summed E-state index contributed by atoms with van der Waals surface area (Å²) in [5.41, 5.74) is 4.08. The van der Waals surface area contributed by atoms with Crippen LogP contribution in [0.25, 0.3) is 20.8 Å². The van der Waals surface area contributed by atoms with Gasteiger partial charge in [-0.15, -0.1) is 22.7 Å². The number of carbonyl (C=O) groups is 1. The fraction of sp³-hybridized carbons (Fsp3) is 0.318. The summed E-state index contributed by atoms with van der Waals surface area (Å²) >= 11 is 3.42. The van der Waals surface area contributed by atoms with Crippen LogP contribution in [-0.2, 0) is 19.4 Å². The standard InChI is InChI=1S/C22H22N4OS2/c1-3-26-16(10-11-23-26)20(27)25-22-19(14-9-8-13(2)12-18(14)29-22)21-24-15-6-4-5-7-17(15)28-21/h4-7,10-11,13H,3,8-9,12H2,1-2H3,(H,25,27). The summed E-state index contributed by atoms with van der Waals surface area (Å²) in [4.78, 5) is 19.3. The number of nitrogens with zero attached hydrogens (tertiary/aromatic N) is 3. The Balaban J connectivity index is 1.60. The fourth-order valence-corrected chi connectivity index (χ4v) is 6.51. The summed E-state index contributed by atoms with van der Waals surface area (Å²) in [6, 6.07) is 9.99. The molecule has 0 spiro atoms. The van der Waals surface area contributed by atoms with E-state index in [0.717, 1.165) is 33.9 Å². The lowest BCUT2D eigenvalue weighted by molar-refractivity contribution is 0.101. The number of anilines is 1. The van der Waals surface area contributed by atoms with E-state index >= 15 is 0 Å². The molecule has 148 valence electrons. The fourth-order valence-electron chi connectivity index (χ4n) is 3.99. The van der Waals surface area contributed by atoms with E-state index in [1.807, 2.05) is 25.1 Å². The number of amides is 1.